The molecule has 0 heterocycles. The zero-order valence-corrected chi connectivity index (χ0v) is 23.4. The summed E-state index contributed by atoms with van der Waals surface area (Å²) in [5.41, 5.74) is 0.954. The first-order valence-corrected chi connectivity index (χ1v) is 14.3. The highest BCUT2D eigenvalue weighted by atomic mass is 16.5. The van der Waals surface area contributed by atoms with Crippen LogP contribution in [0.4, 0.5) is 0 Å². The van der Waals surface area contributed by atoms with Crippen LogP contribution < -0.4 is 0 Å². The van der Waals surface area contributed by atoms with Crippen LogP contribution in [0.15, 0.2) is 11.6 Å². The molecule has 2 N–H and O–H groups in total. The van der Waals surface area contributed by atoms with Gasteiger partial charge in [-0.05, 0) is 104 Å². The van der Waals surface area contributed by atoms with Gasteiger partial charge in [0.2, 0.25) is 0 Å². The highest BCUT2D eigenvalue weighted by molar-refractivity contribution is 5.78. The monoisotopic (exact) mass is 486 g/mol. The van der Waals surface area contributed by atoms with Crippen molar-refractivity contribution in [1.82, 2.24) is 0 Å². The van der Waals surface area contributed by atoms with Crippen LogP contribution in [-0.2, 0) is 9.53 Å². The summed E-state index contributed by atoms with van der Waals surface area (Å²) in [5.74, 6) is 1.11. The number of allylic oxidation sites excluding steroid dienone is 1. The molecule has 35 heavy (non-hydrogen) atoms. The van der Waals surface area contributed by atoms with Gasteiger partial charge < -0.3 is 14.9 Å². The average Bonchev–Trinajstić information content (AvgIpc) is 2.80. The maximum Gasteiger partial charge on any atom is 0.312 e. The van der Waals surface area contributed by atoms with Crippen molar-refractivity contribution in [2.75, 3.05) is 13.7 Å². The Kier molecular flexibility index (Phi) is 5.76. The third-order valence-electron chi connectivity index (χ3n) is 13.2. The molecule has 4 fully saturated rings. The van der Waals surface area contributed by atoms with Gasteiger partial charge in [0.25, 0.3) is 0 Å². The smallest absolute Gasteiger partial charge is 0.312 e. The lowest BCUT2D eigenvalue weighted by Crippen LogP contribution is -2.66. The van der Waals surface area contributed by atoms with E-state index in [1.54, 1.807) is 7.11 Å². The number of aliphatic hydroxyl groups excluding tert-OH is 2. The predicted molar refractivity (Wildman–Crippen MR) is 138 cm³/mol. The van der Waals surface area contributed by atoms with Crippen molar-refractivity contribution in [2.45, 2.75) is 112 Å². The van der Waals surface area contributed by atoms with Gasteiger partial charge in [0.1, 0.15) is 0 Å². The van der Waals surface area contributed by atoms with Crippen LogP contribution in [-0.4, -0.2) is 36.0 Å². The van der Waals surface area contributed by atoms with Crippen LogP contribution in [0, 0.1) is 50.2 Å². The summed E-state index contributed by atoms with van der Waals surface area (Å²) in [6, 6.07) is 0. The number of rotatable bonds is 2. The molecule has 0 amide bonds. The second kappa shape index (κ2) is 7.82. The van der Waals surface area contributed by atoms with E-state index in [4.69, 9.17) is 4.74 Å². The van der Waals surface area contributed by atoms with Gasteiger partial charge >= 0.3 is 5.97 Å². The molecule has 4 heteroatoms. The van der Waals surface area contributed by atoms with E-state index in [1.165, 1.54) is 5.57 Å². The molecule has 0 aromatic rings. The first-order valence-electron chi connectivity index (χ1n) is 14.3. The Morgan fingerprint density at radius 3 is 2.31 bits per heavy atom. The van der Waals surface area contributed by atoms with Crippen molar-refractivity contribution in [3.63, 3.8) is 0 Å². The van der Waals surface area contributed by atoms with E-state index in [0.717, 1.165) is 64.2 Å². The summed E-state index contributed by atoms with van der Waals surface area (Å²) >= 11 is 0. The molecule has 0 unspecified atom stereocenters. The van der Waals surface area contributed by atoms with Gasteiger partial charge in [-0.3, -0.25) is 4.79 Å². The van der Waals surface area contributed by atoms with Crippen molar-refractivity contribution >= 4 is 5.97 Å². The Labute approximate surface area is 213 Å². The fourth-order valence-corrected chi connectivity index (χ4v) is 10.9. The molecule has 0 radical (unpaired) electrons. The van der Waals surface area contributed by atoms with Crippen LogP contribution in [0.2, 0.25) is 0 Å². The lowest BCUT2D eigenvalue weighted by atomic mass is 9.33. The number of carbonyl (C=O) groups is 1. The molecule has 0 aliphatic heterocycles. The Morgan fingerprint density at radius 2 is 1.66 bits per heavy atom. The number of fused-ring (bicyclic) bond motifs is 7. The van der Waals surface area contributed by atoms with E-state index in [2.05, 4.69) is 47.6 Å². The molecule has 5 aliphatic carbocycles. The van der Waals surface area contributed by atoms with Gasteiger partial charge in [-0.15, -0.1) is 0 Å². The average molecular weight is 487 g/mol. The van der Waals surface area contributed by atoms with Gasteiger partial charge in [0.05, 0.1) is 25.2 Å². The van der Waals surface area contributed by atoms with Gasteiger partial charge in [0, 0.05) is 5.41 Å². The molecule has 4 nitrogen and oxygen atoms in total. The number of ether oxygens (including phenoxy) is 1. The molecule has 198 valence electrons. The van der Waals surface area contributed by atoms with E-state index < -0.39 is 5.41 Å². The number of carbonyl (C=O) groups excluding carboxylic acids is 1. The Balaban J connectivity index is 1.63. The van der Waals surface area contributed by atoms with Gasteiger partial charge in [-0.2, -0.15) is 0 Å². The summed E-state index contributed by atoms with van der Waals surface area (Å²) < 4.78 is 5.46. The van der Waals surface area contributed by atoms with Crippen LogP contribution in [0.1, 0.15) is 106 Å². The van der Waals surface area contributed by atoms with E-state index in [0.29, 0.717) is 11.8 Å². The number of hydrogen-bond donors (Lipinski definition) is 2. The molecular formula is C31H50O4. The minimum Gasteiger partial charge on any atom is -0.469 e. The third kappa shape index (κ3) is 3.14. The molecule has 0 spiro atoms. The van der Waals surface area contributed by atoms with Crippen molar-refractivity contribution in [2.24, 2.45) is 50.2 Å². The van der Waals surface area contributed by atoms with E-state index >= 15 is 0 Å². The molecule has 0 bridgehead atoms. The summed E-state index contributed by atoms with van der Waals surface area (Å²) in [4.78, 5) is 13.4. The number of aliphatic hydroxyl groups is 2. The maximum atomic E-state index is 13.4. The summed E-state index contributed by atoms with van der Waals surface area (Å²) in [5, 5.41) is 22.2. The van der Waals surface area contributed by atoms with Crippen molar-refractivity contribution in [1.29, 1.82) is 0 Å². The van der Waals surface area contributed by atoms with Crippen LogP contribution in [0.3, 0.4) is 0 Å². The Bertz CT molecular complexity index is 919. The SMILES string of the molecule is COC(=O)[C@]12CCC(C)(C)C[C@H]1C1=CC[C@@H]3[C@@]4(C)CC[C@H](O)C(C)(C)[C@@H]4CC[C@@]3(C)[C@]1(CO)CC2. The molecule has 0 aromatic heterocycles. The lowest BCUT2D eigenvalue weighted by molar-refractivity contribution is -0.215. The third-order valence-corrected chi connectivity index (χ3v) is 13.2. The fourth-order valence-electron chi connectivity index (χ4n) is 10.9. The molecule has 5 rings (SSSR count). The van der Waals surface area contributed by atoms with Crippen molar-refractivity contribution in [3.8, 4) is 0 Å². The second-order valence-corrected chi connectivity index (χ2v) is 15.1. The lowest BCUT2D eigenvalue weighted by Gasteiger charge is -2.71. The normalized spacial score (nSPS) is 50.0. The maximum absolute atomic E-state index is 13.4. The standard InChI is InChI=1S/C31H50O4/c1-26(2)14-15-30(25(34)35-7)16-17-31(19-32)20(21(30)18-26)8-9-23-28(5)12-11-24(33)27(3,4)22(28)10-13-29(23,31)6/h8,21-24,32-33H,9-19H2,1-7H3/t21-,22-,23+,24-,28-,29+,30-,31-/m0/s1. The van der Waals surface area contributed by atoms with Crippen molar-refractivity contribution < 1.29 is 19.7 Å². The second-order valence-electron chi connectivity index (χ2n) is 15.1. The first kappa shape index (κ1) is 25.8. The van der Waals surface area contributed by atoms with E-state index in [-0.39, 0.29) is 51.7 Å². The zero-order chi connectivity index (χ0) is 25.7. The molecule has 8 atom stereocenters. The van der Waals surface area contributed by atoms with E-state index in [1.807, 2.05) is 0 Å². The molecule has 4 saturated carbocycles. The summed E-state index contributed by atoms with van der Waals surface area (Å²) in [6.07, 6.45) is 12.1. The molecule has 0 saturated heterocycles. The largest absolute Gasteiger partial charge is 0.469 e. The minimum atomic E-state index is -0.435. The summed E-state index contributed by atoms with van der Waals surface area (Å²) in [7, 11) is 1.55. The van der Waals surface area contributed by atoms with Crippen LogP contribution in [0.25, 0.3) is 0 Å². The molecular weight excluding hydrogens is 436 g/mol. The highest BCUT2D eigenvalue weighted by Gasteiger charge is 2.70. The molecule has 0 aromatic carbocycles. The van der Waals surface area contributed by atoms with Gasteiger partial charge in [0.15, 0.2) is 0 Å². The fraction of sp³-hybridized carbons (Fsp3) is 0.903. The van der Waals surface area contributed by atoms with Crippen molar-refractivity contribution in [3.05, 3.63) is 11.6 Å². The summed E-state index contributed by atoms with van der Waals surface area (Å²) in [6.45, 7) is 14.4. The van der Waals surface area contributed by atoms with E-state index in [9.17, 15) is 15.0 Å². The van der Waals surface area contributed by atoms with Crippen LogP contribution in [0.5, 0.6) is 0 Å². The number of esters is 1. The Morgan fingerprint density at radius 1 is 0.971 bits per heavy atom. The number of hydrogen-bond acceptors (Lipinski definition) is 4. The first-order chi connectivity index (χ1) is 16.2. The van der Waals surface area contributed by atoms with Crippen LogP contribution >= 0.6 is 0 Å². The van der Waals surface area contributed by atoms with Gasteiger partial charge in [-0.25, -0.2) is 0 Å². The zero-order valence-electron chi connectivity index (χ0n) is 23.4. The highest BCUT2D eigenvalue weighted by Crippen LogP contribution is 2.75. The minimum absolute atomic E-state index is 0.000670. The Hall–Kier alpha value is -0.870. The predicted octanol–water partition coefficient (Wildman–Crippen LogP) is 6.29. The number of methoxy groups -OCH3 is 1. The molecule has 5 aliphatic rings. The quantitative estimate of drug-likeness (QED) is 0.355. The van der Waals surface area contributed by atoms with Gasteiger partial charge in [-0.1, -0.05) is 53.2 Å². The topological polar surface area (TPSA) is 66.8 Å².